The van der Waals surface area contributed by atoms with Crippen molar-refractivity contribution in [1.82, 2.24) is 9.97 Å². The van der Waals surface area contributed by atoms with Crippen LogP contribution >= 0.6 is 0 Å². The molecule has 0 saturated carbocycles. The molecule has 1 aromatic heterocycles. The SMILES string of the molecule is CC(N)CNc1cc(Nc2ccccc2F)ncn1. The third-order valence-corrected chi connectivity index (χ3v) is 2.41. The van der Waals surface area contributed by atoms with Gasteiger partial charge in [0.1, 0.15) is 23.8 Å². The van der Waals surface area contributed by atoms with Gasteiger partial charge in [0.05, 0.1) is 5.69 Å². The molecule has 0 aliphatic carbocycles. The number of hydrogen-bond acceptors (Lipinski definition) is 5. The van der Waals surface area contributed by atoms with Crippen LogP contribution in [0.1, 0.15) is 6.92 Å². The molecule has 0 amide bonds. The Morgan fingerprint density at radius 1 is 1.26 bits per heavy atom. The summed E-state index contributed by atoms with van der Waals surface area (Å²) in [6, 6.07) is 8.15. The lowest BCUT2D eigenvalue weighted by molar-refractivity contribution is 0.632. The van der Waals surface area contributed by atoms with E-state index >= 15 is 0 Å². The maximum Gasteiger partial charge on any atom is 0.146 e. The minimum absolute atomic E-state index is 0.0259. The molecule has 2 aromatic rings. The van der Waals surface area contributed by atoms with Crippen molar-refractivity contribution >= 4 is 17.3 Å². The number of nitrogens with one attached hydrogen (secondary N) is 2. The summed E-state index contributed by atoms with van der Waals surface area (Å²) in [5, 5.41) is 5.98. The van der Waals surface area contributed by atoms with Crippen LogP contribution in [0.15, 0.2) is 36.7 Å². The van der Waals surface area contributed by atoms with E-state index in [-0.39, 0.29) is 11.9 Å². The molecular formula is C13H16FN5. The van der Waals surface area contributed by atoms with Crippen LogP contribution in [0.25, 0.3) is 0 Å². The van der Waals surface area contributed by atoms with Crippen molar-refractivity contribution in [3.63, 3.8) is 0 Å². The monoisotopic (exact) mass is 261 g/mol. The number of halogens is 1. The third-order valence-electron chi connectivity index (χ3n) is 2.41. The number of anilines is 3. The van der Waals surface area contributed by atoms with Gasteiger partial charge in [-0.1, -0.05) is 12.1 Å². The van der Waals surface area contributed by atoms with Crippen LogP contribution in [-0.2, 0) is 0 Å². The lowest BCUT2D eigenvalue weighted by Crippen LogP contribution is -2.25. The zero-order valence-electron chi connectivity index (χ0n) is 10.6. The highest BCUT2D eigenvalue weighted by Crippen LogP contribution is 2.18. The number of rotatable bonds is 5. The van der Waals surface area contributed by atoms with Crippen LogP contribution in [0.3, 0.4) is 0 Å². The third kappa shape index (κ3) is 3.89. The average molecular weight is 261 g/mol. The van der Waals surface area contributed by atoms with Gasteiger partial charge >= 0.3 is 0 Å². The quantitative estimate of drug-likeness (QED) is 0.768. The Bertz CT molecular complexity index is 544. The van der Waals surface area contributed by atoms with E-state index in [0.29, 0.717) is 23.9 Å². The first kappa shape index (κ1) is 13.2. The second-order valence-corrected chi connectivity index (χ2v) is 4.25. The number of nitrogens with two attached hydrogens (primary N) is 1. The molecule has 0 aliphatic heterocycles. The molecule has 1 unspecified atom stereocenters. The maximum absolute atomic E-state index is 13.5. The number of hydrogen-bond donors (Lipinski definition) is 3. The van der Waals surface area contributed by atoms with Crippen molar-refractivity contribution in [3.05, 3.63) is 42.5 Å². The highest BCUT2D eigenvalue weighted by molar-refractivity contribution is 5.59. The minimum atomic E-state index is -0.328. The molecule has 0 saturated heterocycles. The van der Waals surface area contributed by atoms with Crippen LogP contribution in [-0.4, -0.2) is 22.6 Å². The highest BCUT2D eigenvalue weighted by Gasteiger charge is 2.03. The van der Waals surface area contributed by atoms with Gasteiger partial charge in [-0.25, -0.2) is 14.4 Å². The summed E-state index contributed by atoms with van der Waals surface area (Å²) >= 11 is 0. The summed E-state index contributed by atoms with van der Waals surface area (Å²) in [6.45, 7) is 2.50. The Morgan fingerprint density at radius 2 is 2.00 bits per heavy atom. The minimum Gasteiger partial charge on any atom is -0.368 e. The molecule has 4 N–H and O–H groups in total. The van der Waals surface area contributed by atoms with Gasteiger partial charge < -0.3 is 16.4 Å². The van der Waals surface area contributed by atoms with Crippen molar-refractivity contribution in [3.8, 4) is 0 Å². The fraction of sp³-hybridized carbons (Fsp3) is 0.231. The van der Waals surface area contributed by atoms with Gasteiger partial charge in [-0.2, -0.15) is 0 Å². The number of para-hydroxylation sites is 1. The van der Waals surface area contributed by atoms with Gasteiger partial charge in [0, 0.05) is 18.7 Å². The zero-order valence-corrected chi connectivity index (χ0v) is 10.6. The van der Waals surface area contributed by atoms with Crippen LogP contribution < -0.4 is 16.4 Å². The van der Waals surface area contributed by atoms with Crippen molar-refractivity contribution in [2.45, 2.75) is 13.0 Å². The molecule has 6 heteroatoms. The first-order valence-electron chi connectivity index (χ1n) is 5.98. The smallest absolute Gasteiger partial charge is 0.146 e. The van der Waals surface area contributed by atoms with E-state index in [9.17, 15) is 4.39 Å². The first-order valence-corrected chi connectivity index (χ1v) is 5.98. The van der Waals surface area contributed by atoms with Gasteiger partial charge in [0.25, 0.3) is 0 Å². The Balaban J connectivity index is 2.09. The van der Waals surface area contributed by atoms with Crippen LogP contribution in [0.4, 0.5) is 21.7 Å². The molecule has 0 fully saturated rings. The van der Waals surface area contributed by atoms with Crippen LogP contribution in [0.2, 0.25) is 0 Å². The molecule has 100 valence electrons. The topological polar surface area (TPSA) is 75.9 Å². The molecule has 19 heavy (non-hydrogen) atoms. The Kier molecular flexibility index (Phi) is 4.25. The van der Waals surface area contributed by atoms with E-state index in [0.717, 1.165) is 0 Å². The van der Waals surface area contributed by atoms with Gasteiger partial charge in [-0.3, -0.25) is 0 Å². The number of nitrogens with zero attached hydrogens (tertiary/aromatic N) is 2. The Morgan fingerprint density at radius 3 is 2.74 bits per heavy atom. The average Bonchev–Trinajstić information content (AvgIpc) is 2.40. The van der Waals surface area contributed by atoms with Crippen molar-refractivity contribution in [1.29, 1.82) is 0 Å². The molecular weight excluding hydrogens is 245 g/mol. The molecule has 0 aliphatic rings. The van der Waals surface area contributed by atoms with Crippen molar-refractivity contribution < 1.29 is 4.39 Å². The first-order chi connectivity index (χ1) is 9.15. The number of benzene rings is 1. The second kappa shape index (κ2) is 6.10. The summed E-state index contributed by atoms with van der Waals surface area (Å²) in [6.07, 6.45) is 1.41. The lowest BCUT2D eigenvalue weighted by atomic mass is 10.3. The molecule has 5 nitrogen and oxygen atoms in total. The zero-order chi connectivity index (χ0) is 13.7. The highest BCUT2D eigenvalue weighted by atomic mass is 19.1. The molecule has 0 radical (unpaired) electrons. The fourth-order valence-corrected chi connectivity index (χ4v) is 1.49. The summed E-state index contributed by atoms with van der Waals surface area (Å²) in [5.41, 5.74) is 6.03. The fourth-order valence-electron chi connectivity index (χ4n) is 1.49. The summed E-state index contributed by atoms with van der Waals surface area (Å²) in [5.74, 6) is 0.838. The van der Waals surface area contributed by atoms with Crippen LogP contribution in [0, 0.1) is 5.82 Å². The summed E-state index contributed by atoms with van der Waals surface area (Å²) < 4.78 is 13.5. The lowest BCUT2D eigenvalue weighted by Gasteiger charge is -2.10. The molecule has 1 atom stereocenters. The molecule has 0 bridgehead atoms. The van der Waals surface area contributed by atoms with E-state index in [1.165, 1.54) is 12.4 Å². The molecule has 0 spiro atoms. The largest absolute Gasteiger partial charge is 0.368 e. The van der Waals surface area contributed by atoms with Crippen molar-refractivity contribution in [2.24, 2.45) is 5.73 Å². The summed E-state index contributed by atoms with van der Waals surface area (Å²) in [4.78, 5) is 8.11. The van der Waals surface area contributed by atoms with Gasteiger partial charge in [-0.15, -0.1) is 0 Å². The predicted molar refractivity (Wildman–Crippen MR) is 73.9 cm³/mol. The number of aromatic nitrogens is 2. The Hall–Kier alpha value is -2.21. The van der Waals surface area contributed by atoms with E-state index in [4.69, 9.17) is 5.73 Å². The van der Waals surface area contributed by atoms with E-state index in [1.807, 2.05) is 6.92 Å². The normalized spacial score (nSPS) is 11.9. The van der Waals surface area contributed by atoms with Crippen molar-refractivity contribution in [2.75, 3.05) is 17.2 Å². The maximum atomic E-state index is 13.5. The van der Waals surface area contributed by atoms with Gasteiger partial charge in [-0.05, 0) is 19.1 Å². The van der Waals surface area contributed by atoms with Crippen LogP contribution in [0.5, 0.6) is 0 Å². The molecule has 1 heterocycles. The Labute approximate surface area is 111 Å². The van der Waals surface area contributed by atoms with Gasteiger partial charge in [0.2, 0.25) is 0 Å². The molecule has 1 aromatic carbocycles. The summed E-state index contributed by atoms with van der Waals surface area (Å²) in [7, 11) is 0. The van der Waals surface area contributed by atoms with E-state index < -0.39 is 0 Å². The van der Waals surface area contributed by atoms with E-state index in [1.54, 1.807) is 24.3 Å². The molecule has 2 rings (SSSR count). The van der Waals surface area contributed by atoms with E-state index in [2.05, 4.69) is 20.6 Å². The second-order valence-electron chi connectivity index (χ2n) is 4.25. The predicted octanol–water partition coefficient (Wildman–Crippen LogP) is 2.12. The van der Waals surface area contributed by atoms with Gasteiger partial charge in [0.15, 0.2) is 0 Å². The standard InChI is InChI=1S/C13H16FN5/c1-9(15)7-16-12-6-13(18-8-17-12)19-11-5-3-2-4-10(11)14/h2-6,8-9H,7,15H2,1H3,(H2,16,17,18,19).